The number of benzene rings is 1. The highest BCUT2D eigenvalue weighted by Crippen LogP contribution is 2.35. The van der Waals surface area contributed by atoms with Gasteiger partial charge in [0.05, 0.1) is 10.0 Å². The number of aromatic hydroxyl groups is 1. The number of nitrogens with zero attached hydrogens (tertiary/aromatic N) is 1. The maximum atomic E-state index is 10.5. The van der Waals surface area contributed by atoms with Crippen molar-refractivity contribution < 1.29 is 14.4 Å². The second kappa shape index (κ2) is 3.86. The number of para-hydroxylation sites is 1. The molecule has 0 saturated heterocycles. The maximum Gasteiger partial charge on any atom is 0.185 e. The minimum absolute atomic E-state index is 0.0757. The predicted octanol–water partition coefficient (Wildman–Crippen LogP) is 2.62. The van der Waals surface area contributed by atoms with E-state index in [-0.39, 0.29) is 11.4 Å². The molecule has 1 aromatic heterocycles. The Morgan fingerprint density at radius 3 is 2.73 bits per heavy atom. The van der Waals surface area contributed by atoms with Crippen LogP contribution in [0.4, 0.5) is 0 Å². The second-order valence-electron chi connectivity index (χ2n) is 2.85. The van der Waals surface area contributed by atoms with E-state index in [1.165, 1.54) is 6.07 Å². The van der Waals surface area contributed by atoms with Crippen LogP contribution in [-0.4, -0.2) is 16.5 Å². The highest BCUT2D eigenvalue weighted by molar-refractivity contribution is 9.10. The summed E-state index contributed by atoms with van der Waals surface area (Å²) in [7, 11) is 0. The van der Waals surface area contributed by atoms with Gasteiger partial charge < -0.3 is 9.63 Å². The summed E-state index contributed by atoms with van der Waals surface area (Å²) in [4.78, 5) is 10.5. The van der Waals surface area contributed by atoms with Crippen molar-refractivity contribution in [3.8, 4) is 17.1 Å². The predicted molar refractivity (Wildman–Crippen MR) is 56.7 cm³/mol. The van der Waals surface area contributed by atoms with Gasteiger partial charge in [0.15, 0.2) is 17.7 Å². The Morgan fingerprint density at radius 1 is 1.40 bits per heavy atom. The van der Waals surface area contributed by atoms with Gasteiger partial charge in [0.1, 0.15) is 5.75 Å². The molecule has 0 amide bonds. The molecule has 4 nitrogen and oxygen atoms in total. The molecule has 15 heavy (non-hydrogen) atoms. The van der Waals surface area contributed by atoms with Crippen LogP contribution in [-0.2, 0) is 0 Å². The zero-order valence-electron chi connectivity index (χ0n) is 7.48. The topological polar surface area (TPSA) is 63.3 Å². The van der Waals surface area contributed by atoms with Crippen molar-refractivity contribution in [3.63, 3.8) is 0 Å². The number of phenols is 1. The summed E-state index contributed by atoms with van der Waals surface area (Å²) in [5.74, 6) is 0.419. The standard InChI is InChI=1S/C10H6BrNO3/c11-9-7(5-13)12-15-10(9)6-3-1-2-4-8(6)14/h1-5,14H. The SMILES string of the molecule is O=Cc1noc(-c2ccccc2O)c1Br. The lowest BCUT2D eigenvalue weighted by Gasteiger charge is -1.99. The molecule has 2 rings (SSSR count). The quantitative estimate of drug-likeness (QED) is 0.850. The summed E-state index contributed by atoms with van der Waals surface area (Å²) >= 11 is 3.18. The van der Waals surface area contributed by atoms with E-state index >= 15 is 0 Å². The third-order valence-corrected chi connectivity index (χ3v) is 2.69. The molecule has 0 fully saturated rings. The van der Waals surface area contributed by atoms with Crippen molar-refractivity contribution in [1.82, 2.24) is 5.16 Å². The fourth-order valence-corrected chi connectivity index (χ4v) is 1.65. The average Bonchev–Trinajstić information content (AvgIpc) is 2.60. The molecule has 1 N–H and O–H groups in total. The van der Waals surface area contributed by atoms with Crippen LogP contribution in [0.1, 0.15) is 10.5 Å². The van der Waals surface area contributed by atoms with E-state index in [1.54, 1.807) is 18.2 Å². The van der Waals surface area contributed by atoms with Gasteiger partial charge in [-0.25, -0.2) is 0 Å². The Morgan fingerprint density at radius 2 is 2.13 bits per heavy atom. The number of hydrogen-bond acceptors (Lipinski definition) is 4. The fourth-order valence-electron chi connectivity index (χ4n) is 1.20. The number of hydrogen-bond donors (Lipinski definition) is 1. The lowest BCUT2D eigenvalue weighted by atomic mass is 10.1. The van der Waals surface area contributed by atoms with Gasteiger partial charge in [0, 0.05) is 0 Å². The van der Waals surface area contributed by atoms with E-state index in [2.05, 4.69) is 21.1 Å². The zero-order valence-corrected chi connectivity index (χ0v) is 9.06. The van der Waals surface area contributed by atoms with Crippen molar-refractivity contribution in [3.05, 3.63) is 34.4 Å². The molecule has 1 aromatic carbocycles. The molecular weight excluding hydrogens is 262 g/mol. The van der Waals surface area contributed by atoms with Crippen molar-refractivity contribution in [2.75, 3.05) is 0 Å². The third kappa shape index (κ3) is 1.66. The van der Waals surface area contributed by atoms with Crippen LogP contribution >= 0.6 is 15.9 Å². The van der Waals surface area contributed by atoms with Gasteiger partial charge in [-0.05, 0) is 28.1 Å². The molecule has 0 atom stereocenters. The summed E-state index contributed by atoms with van der Waals surface area (Å²) in [6.07, 6.45) is 0.580. The largest absolute Gasteiger partial charge is 0.507 e. The number of rotatable bonds is 2. The Bertz CT molecular complexity index is 507. The van der Waals surface area contributed by atoms with Crippen LogP contribution in [0.15, 0.2) is 33.3 Å². The van der Waals surface area contributed by atoms with E-state index < -0.39 is 0 Å². The Labute approximate surface area is 93.6 Å². The molecule has 0 radical (unpaired) electrons. The fraction of sp³-hybridized carbons (Fsp3) is 0. The monoisotopic (exact) mass is 267 g/mol. The van der Waals surface area contributed by atoms with Crippen LogP contribution in [0.25, 0.3) is 11.3 Å². The van der Waals surface area contributed by atoms with Gasteiger partial charge in [-0.3, -0.25) is 4.79 Å². The van der Waals surface area contributed by atoms with Crippen molar-refractivity contribution in [2.45, 2.75) is 0 Å². The molecule has 0 unspecified atom stereocenters. The van der Waals surface area contributed by atoms with Crippen molar-refractivity contribution >= 4 is 22.2 Å². The molecule has 0 aliphatic carbocycles. The minimum atomic E-state index is 0.0757. The lowest BCUT2D eigenvalue weighted by molar-refractivity contribution is 0.111. The molecule has 0 spiro atoms. The van der Waals surface area contributed by atoms with Crippen LogP contribution in [0.3, 0.4) is 0 Å². The van der Waals surface area contributed by atoms with E-state index in [9.17, 15) is 9.90 Å². The first-order chi connectivity index (χ1) is 7.24. The van der Waals surface area contributed by atoms with Gasteiger partial charge in [0.25, 0.3) is 0 Å². The van der Waals surface area contributed by atoms with Crippen molar-refractivity contribution in [1.29, 1.82) is 0 Å². The Balaban J connectivity index is 2.59. The van der Waals surface area contributed by atoms with Crippen LogP contribution < -0.4 is 0 Å². The molecule has 0 aliphatic heterocycles. The third-order valence-electron chi connectivity index (χ3n) is 1.92. The first-order valence-corrected chi connectivity index (χ1v) is 4.92. The first-order valence-electron chi connectivity index (χ1n) is 4.12. The smallest absolute Gasteiger partial charge is 0.185 e. The highest BCUT2D eigenvalue weighted by Gasteiger charge is 2.16. The van der Waals surface area contributed by atoms with E-state index in [0.29, 0.717) is 22.1 Å². The van der Waals surface area contributed by atoms with Crippen LogP contribution in [0.2, 0.25) is 0 Å². The Kier molecular flexibility index (Phi) is 2.55. The van der Waals surface area contributed by atoms with Crippen LogP contribution in [0.5, 0.6) is 5.75 Å². The van der Waals surface area contributed by atoms with Gasteiger partial charge in [-0.15, -0.1) is 0 Å². The zero-order chi connectivity index (χ0) is 10.8. The number of phenolic OH excluding ortho intramolecular Hbond substituents is 1. The normalized spacial score (nSPS) is 10.2. The second-order valence-corrected chi connectivity index (χ2v) is 3.64. The van der Waals surface area contributed by atoms with Crippen LogP contribution in [0, 0.1) is 0 Å². The molecule has 5 heteroatoms. The summed E-state index contributed by atoms with van der Waals surface area (Å²) in [6, 6.07) is 6.66. The number of carbonyl (C=O) groups excluding carboxylic acids is 1. The number of aromatic nitrogens is 1. The molecule has 0 bridgehead atoms. The van der Waals surface area contributed by atoms with Gasteiger partial charge in [-0.2, -0.15) is 0 Å². The lowest BCUT2D eigenvalue weighted by Crippen LogP contribution is -1.79. The number of aldehydes is 1. The summed E-state index contributed by atoms with van der Waals surface area (Å²) in [5, 5.41) is 13.1. The maximum absolute atomic E-state index is 10.5. The van der Waals surface area contributed by atoms with Gasteiger partial charge >= 0.3 is 0 Å². The molecule has 2 aromatic rings. The van der Waals surface area contributed by atoms with E-state index in [0.717, 1.165) is 0 Å². The first kappa shape index (κ1) is 9.92. The van der Waals surface area contributed by atoms with Crippen molar-refractivity contribution in [2.24, 2.45) is 0 Å². The summed E-state index contributed by atoms with van der Waals surface area (Å²) in [6.45, 7) is 0. The summed E-state index contributed by atoms with van der Waals surface area (Å²) in [5.41, 5.74) is 0.665. The van der Waals surface area contributed by atoms with Gasteiger partial charge in [0.2, 0.25) is 0 Å². The number of halogens is 1. The molecule has 1 heterocycles. The highest BCUT2D eigenvalue weighted by atomic mass is 79.9. The number of carbonyl (C=O) groups is 1. The van der Waals surface area contributed by atoms with E-state index in [1.807, 2.05) is 0 Å². The van der Waals surface area contributed by atoms with E-state index in [4.69, 9.17) is 4.52 Å². The molecule has 76 valence electrons. The minimum Gasteiger partial charge on any atom is -0.507 e. The molecular formula is C10H6BrNO3. The molecule has 0 saturated carbocycles. The average molecular weight is 268 g/mol. The Hall–Kier alpha value is -1.62. The van der Waals surface area contributed by atoms with Gasteiger partial charge in [-0.1, -0.05) is 17.3 Å². The summed E-state index contributed by atoms with van der Waals surface area (Å²) < 4.78 is 5.41. The molecule has 0 aliphatic rings.